The van der Waals surface area contributed by atoms with Crippen molar-refractivity contribution in [2.75, 3.05) is 7.05 Å². The highest BCUT2D eigenvalue weighted by Gasteiger charge is 2.31. The minimum Gasteiger partial charge on any atom is -0.297 e. The van der Waals surface area contributed by atoms with Crippen molar-refractivity contribution in [3.63, 3.8) is 0 Å². The summed E-state index contributed by atoms with van der Waals surface area (Å²) in [6.07, 6.45) is 2.85. The second-order valence-electron chi connectivity index (χ2n) is 3.93. The highest BCUT2D eigenvalue weighted by molar-refractivity contribution is 5.88. The topological polar surface area (TPSA) is 12.4 Å². The molecule has 0 radical (unpaired) electrons. The fourth-order valence-electron chi connectivity index (χ4n) is 1.83. The molecule has 0 amide bonds. The second-order valence-corrected chi connectivity index (χ2v) is 3.93. The Kier molecular flexibility index (Phi) is 2.69. The van der Waals surface area contributed by atoms with Crippen LogP contribution in [0.3, 0.4) is 0 Å². The van der Waals surface area contributed by atoms with Gasteiger partial charge in [-0.15, -0.1) is 0 Å². The molecule has 1 heteroatoms. The van der Waals surface area contributed by atoms with E-state index in [1.54, 1.807) is 0 Å². The maximum Gasteiger partial charge on any atom is 0.0276 e. The van der Waals surface area contributed by atoms with E-state index in [4.69, 9.17) is 0 Å². The lowest BCUT2D eigenvalue weighted by atomic mass is 9.92. The van der Waals surface area contributed by atoms with E-state index in [9.17, 15) is 0 Å². The molecule has 1 aliphatic carbocycles. The molecule has 1 saturated carbocycles. The largest absolute Gasteiger partial charge is 0.297 e. The van der Waals surface area contributed by atoms with Crippen molar-refractivity contribution in [1.82, 2.24) is 0 Å². The van der Waals surface area contributed by atoms with Crippen molar-refractivity contribution >= 4 is 5.71 Å². The molecule has 1 aliphatic rings. The first-order valence-electron chi connectivity index (χ1n) is 4.63. The number of nitrogens with zero attached hydrogens (tertiary/aromatic N) is 1. The molecular formula is C10H19N. The van der Waals surface area contributed by atoms with Gasteiger partial charge in [-0.3, -0.25) is 4.99 Å². The summed E-state index contributed by atoms with van der Waals surface area (Å²) in [5.74, 6) is 2.33. The fraction of sp³-hybridized carbons (Fsp3) is 0.900. The van der Waals surface area contributed by atoms with Crippen LogP contribution in [-0.4, -0.2) is 12.8 Å². The summed E-state index contributed by atoms with van der Waals surface area (Å²) in [4.78, 5) is 4.37. The van der Waals surface area contributed by atoms with Gasteiger partial charge in [-0.25, -0.2) is 0 Å². The quantitative estimate of drug-likeness (QED) is 0.553. The smallest absolute Gasteiger partial charge is 0.0276 e. The van der Waals surface area contributed by atoms with Crippen molar-refractivity contribution in [3.05, 3.63) is 0 Å². The standard InChI is InChI=1S/C10H19N/c1-7(2)10(11-4)8(3)9-5-6-9/h7-9H,5-6H2,1-4H3. The van der Waals surface area contributed by atoms with Crippen molar-refractivity contribution in [3.8, 4) is 0 Å². The Hall–Kier alpha value is -0.330. The molecule has 0 aromatic carbocycles. The van der Waals surface area contributed by atoms with E-state index in [1.165, 1.54) is 18.6 Å². The van der Waals surface area contributed by atoms with E-state index >= 15 is 0 Å². The zero-order chi connectivity index (χ0) is 8.43. The third-order valence-corrected chi connectivity index (χ3v) is 2.65. The molecule has 1 atom stereocenters. The average Bonchev–Trinajstić information content (AvgIpc) is 2.68. The van der Waals surface area contributed by atoms with Gasteiger partial charge in [0.2, 0.25) is 0 Å². The Labute approximate surface area is 69.9 Å². The van der Waals surface area contributed by atoms with Gasteiger partial charge in [0, 0.05) is 12.8 Å². The van der Waals surface area contributed by atoms with Crippen molar-refractivity contribution in [1.29, 1.82) is 0 Å². The highest BCUT2D eigenvalue weighted by Crippen LogP contribution is 2.38. The molecule has 0 heterocycles. The molecule has 0 aliphatic heterocycles. The predicted octanol–water partition coefficient (Wildman–Crippen LogP) is 2.76. The summed E-state index contributed by atoms with van der Waals surface area (Å²) in [5.41, 5.74) is 1.41. The SMILES string of the molecule is CN=C(C(C)C)C(C)C1CC1. The van der Waals surface area contributed by atoms with Crippen LogP contribution in [0.15, 0.2) is 4.99 Å². The third-order valence-electron chi connectivity index (χ3n) is 2.65. The molecule has 0 N–H and O–H groups in total. The van der Waals surface area contributed by atoms with Crippen LogP contribution in [0, 0.1) is 17.8 Å². The molecule has 0 bridgehead atoms. The predicted molar refractivity (Wildman–Crippen MR) is 50.1 cm³/mol. The second kappa shape index (κ2) is 3.38. The van der Waals surface area contributed by atoms with Gasteiger partial charge in [-0.1, -0.05) is 20.8 Å². The van der Waals surface area contributed by atoms with Gasteiger partial charge in [0.15, 0.2) is 0 Å². The lowest BCUT2D eigenvalue weighted by molar-refractivity contribution is 0.626. The number of hydrogen-bond donors (Lipinski definition) is 0. The monoisotopic (exact) mass is 153 g/mol. The number of aliphatic imine (C=N–C) groups is 1. The summed E-state index contributed by atoms with van der Waals surface area (Å²) in [6, 6.07) is 0. The van der Waals surface area contributed by atoms with E-state index in [0.717, 1.165) is 11.8 Å². The molecule has 1 fully saturated rings. The van der Waals surface area contributed by atoms with Crippen LogP contribution in [0.5, 0.6) is 0 Å². The summed E-state index contributed by atoms with van der Waals surface area (Å²) >= 11 is 0. The molecule has 0 spiro atoms. The maximum absolute atomic E-state index is 4.37. The van der Waals surface area contributed by atoms with Crippen molar-refractivity contribution < 1.29 is 0 Å². The molecule has 64 valence electrons. The molecule has 0 saturated heterocycles. The van der Waals surface area contributed by atoms with Crippen LogP contribution in [0.2, 0.25) is 0 Å². The zero-order valence-electron chi connectivity index (χ0n) is 8.09. The first kappa shape index (κ1) is 8.76. The van der Waals surface area contributed by atoms with Gasteiger partial charge in [-0.05, 0) is 30.6 Å². The van der Waals surface area contributed by atoms with Crippen molar-refractivity contribution in [2.24, 2.45) is 22.7 Å². The van der Waals surface area contributed by atoms with Crippen LogP contribution in [-0.2, 0) is 0 Å². The molecule has 1 unspecified atom stereocenters. The van der Waals surface area contributed by atoms with E-state index in [2.05, 4.69) is 25.8 Å². The Morgan fingerprint density at radius 1 is 1.27 bits per heavy atom. The maximum atomic E-state index is 4.37. The van der Waals surface area contributed by atoms with Crippen LogP contribution in [0.1, 0.15) is 33.6 Å². The van der Waals surface area contributed by atoms with Crippen LogP contribution in [0.25, 0.3) is 0 Å². The van der Waals surface area contributed by atoms with Gasteiger partial charge in [-0.2, -0.15) is 0 Å². The van der Waals surface area contributed by atoms with E-state index < -0.39 is 0 Å². The summed E-state index contributed by atoms with van der Waals surface area (Å²) in [6.45, 7) is 6.79. The van der Waals surface area contributed by atoms with Crippen LogP contribution in [0.4, 0.5) is 0 Å². The first-order chi connectivity index (χ1) is 5.16. The lowest BCUT2D eigenvalue weighted by Gasteiger charge is -2.16. The molecule has 11 heavy (non-hydrogen) atoms. The number of hydrogen-bond acceptors (Lipinski definition) is 1. The molecule has 1 nitrogen and oxygen atoms in total. The van der Waals surface area contributed by atoms with Crippen LogP contribution < -0.4 is 0 Å². The van der Waals surface area contributed by atoms with E-state index in [-0.39, 0.29) is 0 Å². The lowest BCUT2D eigenvalue weighted by Crippen LogP contribution is -2.19. The Balaban J connectivity index is 2.53. The zero-order valence-corrected chi connectivity index (χ0v) is 8.09. The molecule has 1 rings (SSSR count). The summed E-state index contributed by atoms with van der Waals surface area (Å²) in [5, 5.41) is 0. The average molecular weight is 153 g/mol. The van der Waals surface area contributed by atoms with Gasteiger partial charge in [0.1, 0.15) is 0 Å². The fourth-order valence-corrected chi connectivity index (χ4v) is 1.83. The number of rotatable bonds is 3. The van der Waals surface area contributed by atoms with Gasteiger partial charge >= 0.3 is 0 Å². The van der Waals surface area contributed by atoms with Crippen LogP contribution >= 0.6 is 0 Å². The third kappa shape index (κ3) is 2.05. The van der Waals surface area contributed by atoms with Gasteiger partial charge < -0.3 is 0 Å². The minimum atomic E-state index is 0.635. The van der Waals surface area contributed by atoms with Gasteiger partial charge in [0.05, 0.1) is 0 Å². The first-order valence-corrected chi connectivity index (χ1v) is 4.63. The Morgan fingerprint density at radius 2 is 1.82 bits per heavy atom. The molecular weight excluding hydrogens is 134 g/mol. The highest BCUT2D eigenvalue weighted by atomic mass is 14.7. The normalized spacial score (nSPS) is 22.5. The Morgan fingerprint density at radius 3 is 2.09 bits per heavy atom. The summed E-state index contributed by atoms with van der Waals surface area (Å²) in [7, 11) is 1.92. The Bertz CT molecular complexity index is 154. The minimum absolute atomic E-state index is 0.635. The van der Waals surface area contributed by atoms with Gasteiger partial charge in [0.25, 0.3) is 0 Å². The molecule has 0 aromatic rings. The van der Waals surface area contributed by atoms with E-state index in [1.807, 2.05) is 7.05 Å². The molecule has 0 aromatic heterocycles. The van der Waals surface area contributed by atoms with E-state index in [0.29, 0.717) is 5.92 Å². The van der Waals surface area contributed by atoms with Crippen molar-refractivity contribution in [2.45, 2.75) is 33.6 Å². The summed E-state index contributed by atoms with van der Waals surface area (Å²) < 4.78 is 0.